The van der Waals surface area contributed by atoms with E-state index in [0.29, 0.717) is 19.0 Å². The van der Waals surface area contributed by atoms with Crippen molar-refractivity contribution in [3.8, 4) is 0 Å². The van der Waals surface area contributed by atoms with Gasteiger partial charge in [0.2, 0.25) is 0 Å². The summed E-state index contributed by atoms with van der Waals surface area (Å²) in [6, 6.07) is 1.33. The molecule has 2 unspecified atom stereocenters. The van der Waals surface area contributed by atoms with Gasteiger partial charge in [0.15, 0.2) is 17.5 Å². The van der Waals surface area contributed by atoms with Gasteiger partial charge in [-0.25, -0.2) is 13.2 Å². The summed E-state index contributed by atoms with van der Waals surface area (Å²) in [5, 5.41) is 0. The second-order valence-corrected chi connectivity index (χ2v) is 5.44. The monoisotopic (exact) mass is 300 g/mol. The third-order valence-corrected chi connectivity index (χ3v) is 4.17. The fourth-order valence-corrected chi connectivity index (χ4v) is 2.84. The fourth-order valence-electron chi connectivity index (χ4n) is 2.84. The van der Waals surface area contributed by atoms with E-state index in [1.807, 2.05) is 0 Å². The van der Waals surface area contributed by atoms with Gasteiger partial charge in [0.1, 0.15) is 0 Å². The van der Waals surface area contributed by atoms with Gasteiger partial charge in [-0.05, 0) is 30.9 Å². The van der Waals surface area contributed by atoms with Crippen LogP contribution in [0.3, 0.4) is 0 Å². The summed E-state index contributed by atoms with van der Waals surface area (Å²) in [5.41, 5.74) is 5.53. The average Bonchev–Trinajstić information content (AvgIpc) is 2.50. The van der Waals surface area contributed by atoms with E-state index in [1.165, 1.54) is 4.90 Å². The number of nitrogens with zero attached hydrogens (tertiary/aromatic N) is 1. The van der Waals surface area contributed by atoms with E-state index in [-0.39, 0.29) is 11.6 Å². The number of benzene rings is 1. The third kappa shape index (κ3) is 3.20. The summed E-state index contributed by atoms with van der Waals surface area (Å²) in [7, 11) is 0. The maximum Gasteiger partial charge on any atom is 0.254 e. The highest BCUT2D eigenvalue weighted by Gasteiger charge is 2.31. The van der Waals surface area contributed by atoms with Gasteiger partial charge < -0.3 is 10.6 Å². The van der Waals surface area contributed by atoms with Gasteiger partial charge in [0.25, 0.3) is 5.91 Å². The molecule has 0 radical (unpaired) electrons. The summed E-state index contributed by atoms with van der Waals surface area (Å²) in [5.74, 6) is -4.27. The Labute approximate surface area is 121 Å². The Morgan fingerprint density at radius 3 is 2.48 bits per heavy atom. The quantitative estimate of drug-likeness (QED) is 0.872. The van der Waals surface area contributed by atoms with E-state index in [2.05, 4.69) is 6.92 Å². The van der Waals surface area contributed by atoms with Crippen LogP contribution in [0.2, 0.25) is 0 Å². The number of likely N-dealkylation sites (tertiary alicyclic amines) is 1. The zero-order valence-electron chi connectivity index (χ0n) is 11.9. The Kier molecular flexibility index (Phi) is 4.88. The molecule has 21 heavy (non-hydrogen) atoms. The lowest BCUT2D eigenvalue weighted by molar-refractivity contribution is 0.0557. The number of amides is 1. The Morgan fingerprint density at radius 1 is 1.33 bits per heavy atom. The Hall–Kier alpha value is -1.56. The molecule has 1 fully saturated rings. The number of hydrogen-bond donors (Lipinski definition) is 1. The van der Waals surface area contributed by atoms with E-state index >= 15 is 0 Å². The Balaban J connectivity index is 2.23. The number of rotatable bonds is 3. The first kappa shape index (κ1) is 15.8. The molecule has 2 atom stereocenters. The lowest BCUT2D eigenvalue weighted by atomic mass is 9.88. The van der Waals surface area contributed by atoms with Crippen molar-refractivity contribution in [2.45, 2.75) is 32.2 Å². The van der Waals surface area contributed by atoms with Crippen molar-refractivity contribution in [1.29, 1.82) is 0 Å². The molecule has 0 bridgehead atoms. The number of hydrogen-bond acceptors (Lipinski definition) is 2. The predicted octanol–water partition coefficient (Wildman–Crippen LogP) is 2.69. The first-order chi connectivity index (χ1) is 9.97. The standard InChI is InChI=1S/C15H19F3N2O/c1-2-9-3-4-20(11(5-9)8-19)15(21)10-6-12(16)14(18)13(17)7-10/h6-7,9,11H,2-5,8,19H2,1H3. The SMILES string of the molecule is CCC1CCN(C(=O)c2cc(F)c(F)c(F)c2)C(CN)C1. The van der Waals surface area contributed by atoms with Gasteiger partial charge in [-0.3, -0.25) is 4.79 Å². The maximum absolute atomic E-state index is 13.3. The highest BCUT2D eigenvalue weighted by atomic mass is 19.2. The van der Waals surface area contributed by atoms with Gasteiger partial charge in [-0.2, -0.15) is 0 Å². The molecule has 1 aliphatic rings. The topological polar surface area (TPSA) is 46.3 Å². The van der Waals surface area contributed by atoms with Crippen molar-refractivity contribution in [3.63, 3.8) is 0 Å². The van der Waals surface area contributed by atoms with Gasteiger partial charge >= 0.3 is 0 Å². The normalized spacial score (nSPS) is 22.4. The number of carbonyl (C=O) groups is 1. The minimum absolute atomic E-state index is 0.146. The molecule has 1 aliphatic heterocycles. The summed E-state index contributed by atoms with van der Waals surface area (Å²) >= 11 is 0. The van der Waals surface area contributed by atoms with Crippen molar-refractivity contribution < 1.29 is 18.0 Å². The lowest BCUT2D eigenvalue weighted by Crippen LogP contribution is -2.49. The highest BCUT2D eigenvalue weighted by molar-refractivity contribution is 5.94. The average molecular weight is 300 g/mol. The molecule has 1 aromatic carbocycles. The zero-order chi connectivity index (χ0) is 15.6. The van der Waals surface area contributed by atoms with Crippen LogP contribution in [0, 0.1) is 23.4 Å². The second kappa shape index (κ2) is 6.47. The molecule has 1 aromatic rings. The Bertz CT molecular complexity index is 513. The first-order valence-corrected chi connectivity index (χ1v) is 7.13. The number of nitrogens with two attached hydrogens (primary N) is 1. The Morgan fingerprint density at radius 2 is 1.95 bits per heavy atom. The van der Waals surface area contributed by atoms with Crippen molar-refractivity contribution in [1.82, 2.24) is 4.90 Å². The zero-order valence-corrected chi connectivity index (χ0v) is 11.9. The molecular weight excluding hydrogens is 281 g/mol. The largest absolute Gasteiger partial charge is 0.334 e. The first-order valence-electron chi connectivity index (χ1n) is 7.13. The number of carbonyl (C=O) groups excluding carboxylic acids is 1. The van der Waals surface area contributed by atoms with E-state index in [1.54, 1.807) is 0 Å². The van der Waals surface area contributed by atoms with Crippen LogP contribution in [0.25, 0.3) is 0 Å². The second-order valence-electron chi connectivity index (χ2n) is 5.44. The van der Waals surface area contributed by atoms with Crippen LogP contribution in [-0.2, 0) is 0 Å². The molecule has 1 heterocycles. The van der Waals surface area contributed by atoms with Crippen LogP contribution in [0.15, 0.2) is 12.1 Å². The molecule has 1 saturated heterocycles. The van der Waals surface area contributed by atoms with Crippen LogP contribution < -0.4 is 5.73 Å². The summed E-state index contributed by atoms with van der Waals surface area (Å²) in [6.45, 7) is 2.88. The van der Waals surface area contributed by atoms with Crippen molar-refractivity contribution in [2.75, 3.05) is 13.1 Å². The molecule has 3 nitrogen and oxygen atoms in total. The van der Waals surface area contributed by atoms with E-state index in [9.17, 15) is 18.0 Å². The lowest BCUT2D eigenvalue weighted by Gasteiger charge is -2.39. The predicted molar refractivity (Wildman–Crippen MR) is 73.2 cm³/mol. The maximum atomic E-state index is 13.3. The van der Waals surface area contributed by atoms with Crippen LogP contribution in [-0.4, -0.2) is 29.9 Å². The van der Waals surface area contributed by atoms with Gasteiger partial charge in [0.05, 0.1) is 0 Å². The van der Waals surface area contributed by atoms with Gasteiger partial charge in [-0.1, -0.05) is 13.3 Å². The third-order valence-electron chi connectivity index (χ3n) is 4.17. The van der Waals surface area contributed by atoms with Crippen molar-refractivity contribution in [2.24, 2.45) is 11.7 Å². The van der Waals surface area contributed by atoms with E-state index < -0.39 is 23.4 Å². The van der Waals surface area contributed by atoms with E-state index in [0.717, 1.165) is 31.4 Å². The van der Waals surface area contributed by atoms with Crippen molar-refractivity contribution >= 4 is 5.91 Å². The molecule has 0 aliphatic carbocycles. The summed E-state index contributed by atoms with van der Waals surface area (Å²) in [4.78, 5) is 13.9. The molecule has 0 aromatic heterocycles. The minimum Gasteiger partial charge on any atom is -0.334 e. The van der Waals surface area contributed by atoms with Crippen LogP contribution in [0.1, 0.15) is 36.5 Å². The van der Waals surface area contributed by atoms with Crippen LogP contribution >= 0.6 is 0 Å². The molecule has 2 rings (SSSR count). The van der Waals surface area contributed by atoms with Crippen LogP contribution in [0.4, 0.5) is 13.2 Å². The molecular formula is C15H19F3N2O. The summed E-state index contributed by atoms with van der Waals surface area (Å²) < 4.78 is 39.5. The van der Waals surface area contributed by atoms with Gasteiger partial charge in [0, 0.05) is 24.7 Å². The minimum atomic E-state index is -1.56. The van der Waals surface area contributed by atoms with E-state index in [4.69, 9.17) is 5.73 Å². The van der Waals surface area contributed by atoms with Crippen molar-refractivity contribution in [3.05, 3.63) is 35.1 Å². The molecule has 0 saturated carbocycles. The molecule has 1 amide bonds. The molecule has 2 N–H and O–H groups in total. The highest BCUT2D eigenvalue weighted by Crippen LogP contribution is 2.26. The summed E-state index contributed by atoms with van der Waals surface area (Å²) in [6.07, 6.45) is 2.63. The number of halogens is 3. The molecule has 0 spiro atoms. The van der Waals surface area contributed by atoms with Gasteiger partial charge in [-0.15, -0.1) is 0 Å². The molecule has 6 heteroatoms. The molecule has 116 valence electrons. The van der Waals surface area contributed by atoms with Crippen LogP contribution in [0.5, 0.6) is 0 Å². The fraction of sp³-hybridized carbons (Fsp3) is 0.533. The number of piperidine rings is 1. The smallest absolute Gasteiger partial charge is 0.254 e.